The molecule has 22 nitrogen and oxygen atoms in total. The molecule has 5 saturated carbocycles. The average molecular weight is 1810 g/mol. The van der Waals surface area contributed by atoms with Crippen LogP contribution in [0.25, 0.3) is 0 Å². The molecule has 0 bridgehead atoms. The fraction of sp³-hybridized carbons (Fsp3) is 0.738. The molecule has 3 aromatic carbocycles. The molecular formula is C107H176O22. The molecule has 5 fully saturated rings. The predicted octanol–water partition coefficient (Wildman–Crippen LogP) is 23.7. The summed E-state index contributed by atoms with van der Waals surface area (Å²) in [6, 6.07) is 25.9. The summed E-state index contributed by atoms with van der Waals surface area (Å²) in [6.45, 7) is 32.8. The quantitative estimate of drug-likeness (QED) is 0.0289. The van der Waals surface area contributed by atoms with Gasteiger partial charge in [-0.05, 0) is 312 Å². The van der Waals surface area contributed by atoms with Gasteiger partial charge in [0.1, 0.15) is 0 Å². The molecular weight excluding hydrogens is 1640 g/mol. The van der Waals surface area contributed by atoms with Gasteiger partial charge in [-0.3, -0.25) is 47.9 Å². The summed E-state index contributed by atoms with van der Waals surface area (Å²) in [5.74, 6) is 2.73. The van der Waals surface area contributed by atoms with Gasteiger partial charge in [0, 0.05) is 62.1 Å². The second-order valence-electron chi connectivity index (χ2n) is 36.0. The lowest BCUT2D eigenvalue weighted by Gasteiger charge is -2.26. The third-order valence-electron chi connectivity index (χ3n) is 24.4. The van der Waals surface area contributed by atoms with E-state index in [1.165, 1.54) is 107 Å². The number of benzene rings is 3. The molecule has 5 aliphatic rings. The van der Waals surface area contributed by atoms with E-state index in [1.54, 1.807) is 14.2 Å². The maximum absolute atomic E-state index is 12.0. The predicted molar refractivity (Wildman–Crippen MR) is 511 cm³/mol. The summed E-state index contributed by atoms with van der Waals surface area (Å²) in [5.41, 5.74) is 8.21. The summed E-state index contributed by atoms with van der Waals surface area (Å²) in [5, 5.41) is 0. The summed E-state index contributed by atoms with van der Waals surface area (Å²) in [4.78, 5) is 112. The van der Waals surface area contributed by atoms with Gasteiger partial charge in [0.15, 0.2) is 0 Å². The summed E-state index contributed by atoms with van der Waals surface area (Å²) >= 11 is 0. The highest BCUT2D eigenvalue weighted by Gasteiger charge is 2.31. The van der Waals surface area contributed by atoms with Gasteiger partial charge in [-0.1, -0.05) is 149 Å². The van der Waals surface area contributed by atoms with Crippen molar-refractivity contribution in [2.24, 2.45) is 59.2 Å². The largest absolute Gasteiger partial charge is 0.466 e. The van der Waals surface area contributed by atoms with Crippen molar-refractivity contribution in [3.8, 4) is 0 Å². The molecule has 129 heavy (non-hydrogen) atoms. The number of carbonyl (C=O) groups excluding carboxylic acids is 10. The third kappa shape index (κ3) is 67.2. The van der Waals surface area contributed by atoms with Gasteiger partial charge in [0.05, 0.1) is 95.7 Å². The minimum absolute atomic E-state index is 0.00295. The van der Waals surface area contributed by atoms with Crippen LogP contribution in [0.2, 0.25) is 0 Å². The summed E-state index contributed by atoms with van der Waals surface area (Å²) in [7, 11) is 3.45. The number of esters is 10. The van der Waals surface area contributed by atoms with Gasteiger partial charge in [0.2, 0.25) is 0 Å². The molecule has 0 radical (unpaired) electrons. The fourth-order valence-corrected chi connectivity index (χ4v) is 15.8. The zero-order valence-electron chi connectivity index (χ0n) is 83.2. The Balaban J connectivity index is 0.000000751. The first-order valence-corrected chi connectivity index (χ1v) is 49.7. The number of hydrogen-bond acceptors (Lipinski definition) is 22. The van der Waals surface area contributed by atoms with Gasteiger partial charge in [-0.25, -0.2) is 0 Å². The number of methoxy groups -OCH3 is 2. The third-order valence-corrected chi connectivity index (χ3v) is 24.4. The van der Waals surface area contributed by atoms with Crippen molar-refractivity contribution in [2.75, 3.05) is 93.5 Å². The molecule has 0 aliphatic heterocycles. The van der Waals surface area contributed by atoms with Crippen LogP contribution in [0.15, 0.2) is 72.8 Å². The molecule has 5 aliphatic carbocycles. The molecule has 736 valence electrons. The highest BCUT2D eigenvalue weighted by atomic mass is 16.6. The van der Waals surface area contributed by atoms with Crippen LogP contribution in [0.1, 0.15) is 353 Å². The topological polar surface area (TPSA) is 281 Å². The number of rotatable bonds is 45. The molecule has 0 spiro atoms. The molecule has 8 rings (SSSR count). The van der Waals surface area contributed by atoms with Crippen molar-refractivity contribution in [3.05, 3.63) is 106 Å². The molecule has 0 N–H and O–H groups in total. The minimum atomic E-state index is -0.269. The van der Waals surface area contributed by atoms with E-state index >= 15 is 0 Å². The lowest BCUT2D eigenvalue weighted by molar-refractivity contribution is -0.151. The van der Waals surface area contributed by atoms with E-state index < -0.39 is 0 Å². The van der Waals surface area contributed by atoms with Crippen LogP contribution in [0.3, 0.4) is 0 Å². The van der Waals surface area contributed by atoms with E-state index in [9.17, 15) is 47.9 Å². The summed E-state index contributed by atoms with van der Waals surface area (Å²) < 4.78 is 61.1. The molecule has 0 unspecified atom stereocenters. The number of hydrogen-bond donors (Lipinski definition) is 0. The lowest BCUT2D eigenvalue weighted by Crippen LogP contribution is -2.25. The Bertz CT molecular complexity index is 3310. The van der Waals surface area contributed by atoms with Crippen LogP contribution in [0.4, 0.5) is 0 Å². The maximum atomic E-state index is 12.0. The van der Waals surface area contributed by atoms with E-state index in [0.29, 0.717) is 77.9 Å². The van der Waals surface area contributed by atoms with Gasteiger partial charge in [-0.15, -0.1) is 0 Å². The number of aryl methyl sites for hydroxylation is 6. The van der Waals surface area contributed by atoms with Crippen molar-refractivity contribution >= 4 is 59.7 Å². The molecule has 0 aromatic heterocycles. The standard InChI is InChI=1S/C17H30O5.C17H30O4.C16H28O4.C15H26O5.C15H26O4.C10H14.C9H12.C8H10/c1-14(18)21-11-5-3-4-6-12-22-17(19)16-9-7-15(8-10-16)13-20-2;1-3-15-8-10-16(11-9-15)17(19)21-13-7-5-4-6-12-20-14(2)18;1-13-7-9-15(10-8-13)16(18)20-12-6-4-3-5-11-19-14(2)17;1-12(16)19-9-3-4-10-20-15(17)14-7-5-13(6-8-14)11-18-2;1-3-13-6-8-14(9-7-13)15(17)19-11-5-4-10-18-12(2)16;1-3-4-10-7-5-9(2)6-8-10;1-3-9-6-4-8(2)5-7-9;1-7-3-5-8(2)6-4-7/h15-16H,3-13H2,1-2H3;15-16H,3-13H2,1-2H3;13,15H,3-12H2,1-2H3;13-14H,3-11H2,1-2H3;13-14H,3-11H2,1-2H3;5-8H,3-4H2,1-2H3;4-7H,3H2,1-2H3;3-6H,1-2H3. The number of carbonyl (C=O) groups is 10. The van der Waals surface area contributed by atoms with E-state index in [0.717, 1.165) is 256 Å². The van der Waals surface area contributed by atoms with Crippen LogP contribution in [0, 0.1) is 86.9 Å². The molecule has 3 aromatic rings. The fourth-order valence-electron chi connectivity index (χ4n) is 15.8. The lowest BCUT2D eigenvalue weighted by atomic mass is 9.81. The zero-order chi connectivity index (χ0) is 95.5. The van der Waals surface area contributed by atoms with Crippen molar-refractivity contribution in [1.82, 2.24) is 0 Å². The number of ether oxygens (including phenoxy) is 12. The molecule has 22 heteroatoms. The van der Waals surface area contributed by atoms with E-state index in [2.05, 4.69) is 135 Å². The van der Waals surface area contributed by atoms with Crippen LogP contribution >= 0.6 is 0 Å². The van der Waals surface area contributed by atoms with E-state index in [-0.39, 0.29) is 89.3 Å². The van der Waals surface area contributed by atoms with Gasteiger partial charge >= 0.3 is 59.7 Å². The van der Waals surface area contributed by atoms with Gasteiger partial charge < -0.3 is 56.8 Å². The van der Waals surface area contributed by atoms with Crippen LogP contribution in [0.5, 0.6) is 0 Å². The van der Waals surface area contributed by atoms with Crippen molar-refractivity contribution in [2.45, 2.75) is 360 Å². The Morgan fingerprint density at radius 1 is 0.256 bits per heavy atom. The van der Waals surface area contributed by atoms with Crippen molar-refractivity contribution < 1.29 is 105 Å². The Labute approximate surface area is 779 Å². The Morgan fingerprint density at radius 2 is 0.450 bits per heavy atom. The second-order valence-corrected chi connectivity index (χ2v) is 36.0. The highest BCUT2D eigenvalue weighted by molar-refractivity contribution is 5.74. The van der Waals surface area contributed by atoms with Crippen LogP contribution in [-0.2, 0) is 118 Å². The SMILES string of the molecule is CC(=O)OCCCCCCOC(=O)C1CCC(C)CC1.CCC1CCC(C(=O)OCCCCCCOC(C)=O)CC1.CCC1CCC(C(=O)OCCCCOC(C)=O)CC1.CCCc1ccc(C)cc1.CCc1ccc(C)cc1.COCC1CCC(C(=O)OCCCCCCOC(C)=O)CC1.COCC1CCC(C(=O)OCCCCOC(C)=O)CC1.Cc1ccc(C)cc1. The summed E-state index contributed by atoms with van der Waals surface area (Å²) in [6.07, 6.45) is 41.1. The van der Waals surface area contributed by atoms with Crippen molar-refractivity contribution in [1.29, 1.82) is 0 Å². The van der Waals surface area contributed by atoms with Crippen LogP contribution in [-0.4, -0.2) is 153 Å². The van der Waals surface area contributed by atoms with Crippen molar-refractivity contribution in [3.63, 3.8) is 0 Å². The van der Waals surface area contributed by atoms with E-state index in [4.69, 9.17) is 56.8 Å². The zero-order valence-corrected chi connectivity index (χ0v) is 83.2. The molecule has 0 saturated heterocycles. The Hall–Kier alpha value is -7.72. The first-order valence-electron chi connectivity index (χ1n) is 49.7. The Kier molecular flexibility index (Phi) is 73.0. The highest BCUT2D eigenvalue weighted by Crippen LogP contribution is 2.35. The minimum Gasteiger partial charge on any atom is -0.466 e. The number of unbranched alkanes of at least 4 members (excludes halogenated alkanes) is 11. The smallest absolute Gasteiger partial charge is 0.308 e. The first-order chi connectivity index (χ1) is 62.1. The molecule has 0 heterocycles. The Morgan fingerprint density at radius 3 is 0.651 bits per heavy atom. The van der Waals surface area contributed by atoms with Crippen LogP contribution < -0.4 is 0 Å². The average Bonchev–Trinajstić information content (AvgIpc) is 0.915. The maximum Gasteiger partial charge on any atom is 0.308 e. The second kappa shape index (κ2) is 78.9. The van der Waals surface area contributed by atoms with Gasteiger partial charge in [-0.2, -0.15) is 0 Å². The van der Waals surface area contributed by atoms with Gasteiger partial charge in [0.25, 0.3) is 0 Å². The van der Waals surface area contributed by atoms with E-state index in [1.807, 2.05) is 0 Å². The normalized spacial score (nSPS) is 19.5. The monoisotopic (exact) mass is 1810 g/mol. The molecule has 0 amide bonds. The first kappa shape index (κ1) is 119. The molecule has 0 atom stereocenters.